The van der Waals surface area contributed by atoms with Crippen molar-refractivity contribution in [3.05, 3.63) is 21.9 Å². The Kier molecular flexibility index (Phi) is 5.40. The number of ether oxygens (including phenoxy) is 1. The van der Waals surface area contributed by atoms with E-state index < -0.39 is 0 Å². The number of thiophene rings is 2. The molecule has 2 rings (SSSR count). The first-order chi connectivity index (χ1) is 9.27. The highest BCUT2D eigenvalue weighted by Gasteiger charge is 2.19. The number of carbonyl (C=O) groups excluding carboxylic acids is 1. The van der Waals surface area contributed by atoms with E-state index in [-0.39, 0.29) is 5.97 Å². The summed E-state index contributed by atoms with van der Waals surface area (Å²) in [5, 5.41) is 2.10. The fraction of sp³-hybridized carbons (Fsp3) is 0.533. The Morgan fingerprint density at radius 1 is 1.26 bits per heavy atom. The molecule has 0 saturated heterocycles. The maximum absolute atomic E-state index is 12.0. The summed E-state index contributed by atoms with van der Waals surface area (Å²) in [5.74, 6) is -0.151. The quantitative estimate of drug-likeness (QED) is 0.514. The van der Waals surface area contributed by atoms with Gasteiger partial charge in [-0.15, -0.1) is 22.7 Å². The molecular weight excluding hydrogens is 276 g/mol. The van der Waals surface area contributed by atoms with E-state index in [0.717, 1.165) is 17.7 Å². The van der Waals surface area contributed by atoms with Gasteiger partial charge in [0.25, 0.3) is 0 Å². The van der Waals surface area contributed by atoms with Crippen LogP contribution in [0.2, 0.25) is 0 Å². The van der Waals surface area contributed by atoms with Gasteiger partial charge in [0.05, 0.1) is 6.61 Å². The highest BCUT2D eigenvalue weighted by molar-refractivity contribution is 7.28. The van der Waals surface area contributed by atoms with Crippen LogP contribution in [0.25, 0.3) is 9.40 Å². The van der Waals surface area contributed by atoms with Crippen LogP contribution in [0.3, 0.4) is 0 Å². The maximum atomic E-state index is 12.0. The Hall–Kier alpha value is -0.870. The zero-order valence-corrected chi connectivity index (χ0v) is 13.2. The van der Waals surface area contributed by atoms with Crippen molar-refractivity contribution in [3.63, 3.8) is 0 Å². The van der Waals surface area contributed by atoms with E-state index in [4.69, 9.17) is 4.74 Å². The second-order valence-electron chi connectivity index (χ2n) is 4.55. The third kappa shape index (κ3) is 3.37. The lowest BCUT2D eigenvalue weighted by molar-refractivity contribution is 0.0531. The Labute approximate surface area is 122 Å². The molecule has 0 aromatic carbocycles. The molecule has 0 amide bonds. The van der Waals surface area contributed by atoms with E-state index in [1.807, 2.05) is 6.92 Å². The number of aryl methyl sites for hydroxylation is 1. The second-order valence-corrected chi connectivity index (χ2v) is 6.52. The predicted molar refractivity (Wildman–Crippen MR) is 83.5 cm³/mol. The standard InChI is InChI=1S/C15H20O2S2/c1-3-5-6-7-8-11-13-12(9-10-18-13)19-14(11)15(16)17-4-2/h9-10H,3-8H2,1-2H3. The topological polar surface area (TPSA) is 26.3 Å². The molecule has 4 heteroatoms. The molecular formula is C15H20O2S2. The average Bonchev–Trinajstić information content (AvgIpc) is 2.96. The van der Waals surface area contributed by atoms with Gasteiger partial charge in [-0.2, -0.15) is 0 Å². The van der Waals surface area contributed by atoms with Gasteiger partial charge in [0, 0.05) is 9.40 Å². The maximum Gasteiger partial charge on any atom is 0.348 e. The van der Waals surface area contributed by atoms with Crippen LogP contribution in [0.5, 0.6) is 0 Å². The Balaban J connectivity index is 2.19. The lowest BCUT2D eigenvalue weighted by Gasteiger charge is -2.04. The van der Waals surface area contributed by atoms with E-state index in [2.05, 4.69) is 18.4 Å². The monoisotopic (exact) mass is 296 g/mol. The zero-order chi connectivity index (χ0) is 13.7. The normalized spacial score (nSPS) is 11.1. The third-order valence-electron chi connectivity index (χ3n) is 3.13. The molecule has 0 aliphatic heterocycles. The lowest BCUT2D eigenvalue weighted by Crippen LogP contribution is -2.05. The van der Waals surface area contributed by atoms with Gasteiger partial charge in [-0.3, -0.25) is 0 Å². The summed E-state index contributed by atoms with van der Waals surface area (Å²) >= 11 is 3.31. The largest absolute Gasteiger partial charge is 0.462 e. The molecule has 0 fully saturated rings. The molecule has 104 valence electrons. The molecule has 2 aromatic rings. The molecule has 0 spiro atoms. The highest BCUT2D eigenvalue weighted by atomic mass is 32.1. The molecule has 2 heterocycles. The van der Waals surface area contributed by atoms with E-state index in [1.54, 1.807) is 22.7 Å². The van der Waals surface area contributed by atoms with Crippen molar-refractivity contribution in [2.24, 2.45) is 0 Å². The summed E-state index contributed by atoms with van der Waals surface area (Å²) in [4.78, 5) is 12.8. The minimum Gasteiger partial charge on any atom is -0.462 e. The predicted octanol–water partition coefficient (Wildman–Crippen LogP) is 5.26. The minimum absolute atomic E-state index is 0.151. The van der Waals surface area contributed by atoms with Crippen molar-refractivity contribution >= 4 is 38.0 Å². The molecule has 2 aromatic heterocycles. The van der Waals surface area contributed by atoms with Gasteiger partial charge in [0.15, 0.2) is 0 Å². The summed E-state index contributed by atoms with van der Waals surface area (Å²) in [5.41, 5.74) is 1.21. The first kappa shape index (κ1) is 14.5. The van der Waals surface area contributed by atoms with Crippen LogP contribution in [0.4, 0.5) is 0 Å². The van der Waals surface area contributed by atoms with Gasteiger partial charge in [0.1, 0.15) is 4.88 Å². The fourth-order valence-electron chi connectivity index (χ4n) is 2.19. The number of fused-ring (bicyclic) bond motifs is 1. The van der Waals surface area contributed by atoms with E-state index in [9.17, 15) is 4.79 Å². The van der Waals surface area contributed by atoms with Gasteiger partial charge in [-0.1, -0.05) is 26.2 Å². The van der Waals surface area contributed by atoms with E-state index in [0.29, 0.717) is 6.61 Å². The van der Waals surface area contributed by atoms with Crippen molar-refractivity contribution < 1.29 is 9.53 Å². The zero-order valence-electron chi connectivity index (χ0n) is 11.5. The Bertz CT molecular complexity index is 539. The molecule has 0 bridgehead atoms. The van der Waals surface area contributed by atoms with E-state index >= 15 is 0 Å². The Morgan fingerprint density at radius 3 is 2.84 bits per heavy atom. The smallest absolute Gasteiger partial charge is 0.348 e. The van der Waals surface area contributed by atoms with Crippen molar-refractivity contribution in [1.82, 2.24) is 0 Å². The van der Waals surface area contributed by atoms with Crippen LogP contribution >= 0.6 is 22.7 Å². The van der Waals surface area contributed by atoms with Gasteiger partial charge in [-0.25, -0.2) is 4.79 Å². The van der Waals surface area contributed by atoms with Gasteiger partial charge in [0.2, 0.25) is 0 Å². The first-order valence-electron chi connectivity index (χ1n) is 6.93. The van der Waals surface area contributed by atoms with Gasteiger partial charge >= 0.3 is 5.97 Å². The van der Waals surface area contributed by atoms with Crippen LogP contribution < -0.4 is 0 Å². The number of rotatable bonds is 7. The molecule has 0 aliphatic carbocycles. The minimum atomic E-state index is -0.151. The molecule has 0 atom stereocenters. The Morgan fingerprint density at radius 2 is 2.11 bits per heavy atom. The molecule has 0 saturated carbocycles. The summed E-state index contributed by atoms with van der Waals surface area (Å²) < 4.78 is 7.67. The second kappa shape index (κ2) is 7.06. The van der Waals surface area contributed by atoms with Gasteiger partial charge < -0.3 is 4.74 Å². The number of hydrogen-bond donors (Lipinski definition) is 0. The molecule has 0 N–H and O–H groups in total. The van der Waals surface area contributed by atoms with Crippen LogP contribution in [0.15, 0.2) is 11.4 Å². The molecule has 19 heavy (non-hydrogen) atoms. The van der Waals surface area contributed by atoms with Crippen LogP contribution in [0, 0.1) is 0 Å². The average molecular weight is 296 g/mol. The first-order valence-corrected chi connectivity index (χ1v) is 8.63. The van der Waals surface area contributed by atoms with Crippen molar-refractivity contribution in [1.29, 1.82) is 0 Å². The summed E-state index contributed by atoms with van der Waals surface area (Å²) in [6.07, 6.45) is 5.90. The lowest BCUT2D eigenvalue weighted by atomic mass is 10.1. The number of esters is 1. The van der Waals surface area contributed by atoms with Crippen LogP contribution in [-0.4, -0.2) is 12.6 Å². The fourth-order valence-corrected chi connectivity index (χ4v) is 4.52. The van der Waals surface area contributed by atoms with Crippen molar-refractivity contribution in [3.8, 4) is 0 Å². The molecule has 0 radical (unpaired) electrons. The van der Waals surface area contributed by atoms with Crippen molar-refractivity contribution in [2.45, 2.75) is 46.0 Å². The molecule has 0 aliphatic rings. The molecule has 2 nitrogen and oxygen atoms in total. The molecule has 0 unspecified atom stereocenters. The number of unbranched alkanes of at least 4 members (excludes halogenated alkanes) is 3. The van der Waals surface area contributed by atoms with E-state index in [1.165, 1.54) is 34.2 Å². The van der Waals surface area contributed by atoms with Crippen LogP contribution in [-0.2, 0) is 11.2 Å². The third-order valence-corrected chi connectivity index (χ3v) is 5.41. The highest BCUT2D eigenvalue weighted by Crippen LogP contribution is 2.36. The van der Waals surface area contributed by atoms with Crippen molar-refractivity contribution in [2.75, 3.05) is 6.61 Å². The SMILES string of the molecule is CCCCCCc1c(C(=O)OCC)sc2ccsc12. The number of hydrogen-bond acceptors (Lipinski definition) is 4. The summed E-state index contributed by atoms with van der Waals surface area (Å²) in [6, 6.07) is 2.10. The summed E-state index contributed by atoms with van der Waals surface area (Å²) in [6.45, 7) is 4.51. The number of carbonyl (C=O) groups is 1. The summed E-state index contributed by atoms with van der Waals surface area (Å²) in [7, 11) is 0. The van der Waals surface area contributed by atoms with Gasteiger partial charge in [-0.05, 0) is 36.8 Å². The van der Waals surface area contributed by atoms with Crippen LogP contribution in [0.1, 0.15) is 54.8 Å².